The molecule has 0 heterocycles. The van der Waals surface area contributed by atoms with Gasteiger partial charge in [-0.3, -0.25) is 4.79 Å². The molecule has 0 aromatic carbocycles. The first-order chi connectivity index (χ1) is 6.58. The first kappa shape index (κ1) is 11.2. The largest absolute Gasteiger partial charge is 0.346 e. The van der Waals surface area contributed by atoms with Crippen LogP contribution >= 0.6 is 0 Å². The Bertz CT molecular complexity index is 236. The number of rotatable bonds is 3. The number of nitrogens with two attached hydrogens (primary N) is 1. The van der Waals surface area contributed by atoms with Crippen molar-refractivity contribution >= 4 is 5.91 Å². The van der Waals surface area contributed by atoms with Gasteiger partial charge in [0, 0.05) is 12.6 Å². The molecule has 0 bridgehead atoms. The Morgan fingerprint density at radius 2 is 2.00 bits per heavy atom. The van der Waals surface area contributed by atoms with Crippen molar-refractivity contribution in [3.05, 3.63) is 11.6 Å². The molecule has 1 rings (SSSR count). The molecular weight excluding hydrogens is 176 g/mol. The number of hydrogen-bond donors (Lipinski definition) is 2. The van der Waals surface area contributed by atoms with Crippen molar-refractivity contribution < 1.29 is 4.79 Å². The van der Waals surface area contributed by atoms with Crippen LogP contribution in [0.1, 0.15) is 39.5 Å². The number of hydrogen-bond acceptors (Lipinski definition) is 2. The minimum absolute atomic E-state index is 0.00245. The van der Waals surface area contributed by atoms with Crippen molar-refractivity contribution in [2.24, 2.45) is 5.73 Å². The second-order valence-electron chi connectivity index (χ2n) is 4.40. The van der Waals surface area contributed by atoms with Crippen LogP contribution in [0.3, 0.4) is 0 Å². The lowest BCUT2D eigenvalue weighted by molar-refractivity contribution is -0.118. The number of allylic oxidation sites excluding steroid dienone is 1. The summed E-state index contributed by atoms with van der Waals surface area (Å²) in [5.74, 6) is -0.00245. The van der Waals surface area contributed by atoms with Crippen molar-refractivity contribution in [1.82, 2.24) is 5.32 Å². The van der Waals surface area contributed by atoms with Gasteiger partial charge in [-0.1, -0.05) is 18.4 Å². The summed E-state index contributed by atoms with van der Waals surface area (Å²) in [6.07, 6.45) is 6.02. The van der Waals surface area contributed by atoms with Gasteiger partial charge in [0.15, 0.2) is 0 Å². The molecule has 3 N–H and O–H groups in total. The maximum atomic E-state index is 11.5. The van der Waals surface area contributed by atoms with Gasteiger partial charge in [-0.25, -0.2) is 0 Å². The SMILES string of the molecule is CC(C)=CC(=O)NC1(CN)CCCC1. The Kier molecular flexibility index (Phi) is 3.69. The molecule has 0 unspecified atom stereocenters. The summed E-state index contributed by atoms with van der Waals surface area (Å²) >= 11 is 0. The van der Waals surface area contributed by atoms with Gasteiger partial charge in [-0.2, -0.15) is 0 Å². The molecule has 3 nitrogen and oxygen atoms in total. The normalized spacial score (nSPS) is 19.1. The summed E-state index contributed by atoms with van der Waals surface area (Å²) in [5, 5.41) is 3.03. The van der Waals surface area contributed by atoms with E-state index < -0.39 is 0 Å². The first-order valence-corrected chi connectivity index (χ1v) is 5.25. The van der Waals surface area contributed by atoms with Crippen LogP contribution in [0.15, 0.2) is 11.6 Å². The predicted octanol–water partition coefficient (Wildman–Crippen LogP) is 1.34. The quantitative estimate of drug-likeness (QED) is 0.669. The monoisotopic (exact) mass is 196 g/mol. The molecule has 0 saturated heterocycles. The Morgan fingerprint density at radius 1 is 1.43 bits per heavy atom. The van der Waals surface area contributed by atoms with Gasteiger partial charge >= 0.3 is 0 Å². The highest BCUT2D eigenvalue weighted by atomic mass is 16.1. The molecule has 0 atom stereocenters. The lowest BCUT2D eigenvalue weighted by atomic mass is 9.98. The molecule has 0 spiro atoms. The maximum absolute atomic E-state index is 11.5. The standard InChI is InChI=1S/C11H20N2O/c1-9(2)7-10(14)13-11(8-12)5-3-4-6-11/h7H,3-6,8,12H2,1-2H3,(H,13,14). The zero-order valence-electron chi connectivity index (χ0n) is 9.10. The molecule has 0 aromatic heterocycles. The van der Waals surface area contributed by atoms with Crippen LogP contribution in [0.4, 0.5) is 0 Å². The fraction of sp³-hybridized carbons (Fsp3) is 0.727. The third-order valence-electron chi connectivity index (χ3n) is 2.76. The predicted molar refractivity (Wildman–Crippen MR) is 57.8 cm³/mol. The van der Waals surface area contributed by atoms with E-state index in [1.54, 1.807) is 6.08 Å². The summed E-state index contributed by atoms with van der Waals surface area (Å²) in [4.78, 5) is 11.5. The topological polar surface area (TPSA) is 55.1 Å². The van der Waals surface area contributed by atoms with Crippen LogP contribution in [0.2, 0.25) is 0 Å². The summed E-state index contributed by atoms with van der Waals surface area (Å²) in [6.45, 7) is 4.39. The molecule has 0 aromatic rings. The molecule has 80 valence electrons. The molecule has 3 heteroatoms. The third kappa shape index (κ3) is 2.84. The van der Waals surface area contributed by atoms with E-state index in [4.69, 9.17) is 5.73 Å². The van der Waals surface area contributed by atoms with Crippen LogP contribution < -0.4 is 11.1 Å². The molecule has 14 heavy (non-hydrogen) atoms. The Balaban J connectivity index is 2.56. The van der Waals surface area contributed by atoms with E-state index in [1.165, 1.54) is 12.8 Å². The van der Waals surface area contributed by atoms with Gasteiger partial charge < -0.3 is 11.1 Å². The summed E-state index contributed by atoms with van der Waals surface area (Å²) < 4.78 is 0. The van der Waals surface area contributed by atoms with E-state index >= 15 is 0 Å². The molecular formula is C11H20N2O. The fourth-order valence-electron chi connectivity index (χ4n) is 1.99. The molecule has 0 radical (unpaired) electrons. The highest BCUT2D eigenvalue weighted by molar-refractivity contribution is 5.88. The molecule has 1 saturated carbocycles. The van der Waals surface area contributed by atoms with E-state index in [0.717, 1.165) is 18.4 Å². The van der Waals surface area contributed by atoms with Crippen molar-refractivity contribution in [3.63, 3.8) is 0 Å². The van der Waals surface area contributed by atoms with Crippen LogP contribution in [-0.2, 0) is 4.79 Å². The molecule has 1 fully saturated rings. The minimum atomic E-state index is -0.122. The molecule has 0 aliphatic heterocycles. The number of carbonyl (C=O) groups excluding carboxylic acids is 1. The third-order valence-corrected chi connectivity index (χ3v) is 2.76. The van der Waals surface area contributed by atoms with Crippen LogP contribution in [0.5, 0.6) is 0 Å². The molecule has 1 aliphatic carbocycles. The smallest absolute Gasteiger partial charge is 0.244 e. The summed E-state index contributed by atoms with van der Waals surface area (Å²) in [7, 11) is 0. The lowest BCUT2D eigenvalue weighted by Gasteiger charge is -2.28. The van der Waals surface area contributed by atoms with E-state index in [2.05, 4.69) is 5.32 Å². The summed E-state index contributed by atoms with van der Waals surface area (Å²) in [6, 6.07) is 0. The summed E-state index contributed by atoms with van der Waals surface area (Å²) in [5.41, 5.74) is 6.61. The van der Waals surface area contributed by atoms with Crippen molar-refractivity contribution in [1.29, 1.82) is 0 Å². The Labute approximate surface area is 85.7 Å². The van der Waals surface area contributed by atoms with E-state index in [9.17, 15) is 4.79 Å². The maximum Gasteiger partial charge on any atom is 0.244 e. The average Bonchev–Trinajstić information content (AvgIpc) is 2.52. The zero-order valence-corrected chi connectivity index (χ0v) is 9.10. The van der Waals surface area contributed by atoms with Crippen LogP contribution in [-0.4, -0.2) is 18.0 Å². The van der Waals surface area contributed by atoms with Crippen molar-refractivity contribution in [3.8, 4) is 0 Å². The second-order valence-corrected chi connectivity index (χ2v) is 4.40. The van der Waals surface area contributed by atoms with Gasteiger partial charge in [0.1, 0.15) is 0 Å². The number of nitrogens with one attached hydrogen (secondary N) is 1. The second kappa shape index (κ2) is 4.60. The van der Waals surface area contributed by atoms with Gasteiger partial charge in [0.25, 0.3) is 0 Å². The molecule has 1 amide bonds. The van der Waals surface area contributed by atoms with E-state index in [0.29, 0.717) is 6.54 Å². The molecule has 1 aliphatic rings. The van der Waals surface area contributed by atoms with Crippen LogP contribution in [0, 0.1) is 0 Å². The van der Waals surface area contributed by atoms with Gasteiger partial charge in [-0.15, -0.1) is 0 Å². The average molecular weight is 196 g/mol. The van der Waals surface area contributed by atoms with Crippen molar-refractivity contribution in [2.75, 3.05) is 6.54 Å². The Hall–Kier alpha value is -0.830. The fourth-order valence-corrected chi connectivity index (χ4v) is 1.99. The zero-order chi connectivity index (χ0) is 10.6. The Morgan fingerprint density at radius 3 is 2.43 bits per heavy atom. The number of carbonyl (C=O) groups is 1. The van der Waals surface area contributed by atoms with E-state index in [1.807, 2.05) is 13.8 Å². The van der Waals surface area contributed by atoms with Crippen molar-refractivity contribution in [2.45, 2.75) is 45.1 Å². The lowest BCUT2D eigenvalue weighted by Crippen LogP contribution is -2.51. The number of amides is 1. The van der Waals surface area contributed by atoms with Gasteiger partial charge in [-0.05, 0) is 26.7 Å². The van der Waals surface area contributed by atoms with E-state index in [-0.39, 0.29) is 11.4 Å². The highest BCUT2D eigenvalue weighted by Crippen LogP contribution is 2.28. The van der Waals surface area contributed by atoms with Gasteiger partial charge in [0.05, 0.1) is 5.54 Å². The highest BCUT2D eigenvalue weighted by Gasteiger charge is 2.33. The minimum Gasteiger partial charge on any atom is -0.346 e. The first-order valence-electron chi connectivity index (χ1n) is 5.25. The van der Waals surface area contributed by atoms with Gasteiger partial charge in [0.2, 0.25) is 5.91 Å². The van der Waals surface area contributed by atoms with Crippen LogP contribution in [0.25, 0.3) is 0 Å².